The monoisotopic (exact) mass is 679 g/mol. The van der Waals surface area contributed by atoms with Crippen molar-refractivity contribution in [2.24, 2.45) is 5.92 Å². The van der Waals surface area contributed by atoms with Gasteiger partial charge in [0.05, 0.1) is 35.9 Å². The molecule has 0 bridgehead atoms. The standard InChI is InChI=1S/C32H26ClN3O8S2/c1-3-43-31(40)16-4-11-20(12-5-16)36-29(38)25-24(26-28(35-32(41)46-26)45-27(25)30(36)39)17-6-13-21(22(14-17)42-2)44-15-23(37)34-19-9-7-18(33)8-10-19/h4-14,24-25,27H,3,15H2,1-2H3,(H,34,37)(H,35,41)/t24-,25-,27+/m0/s1. The number of imide groups is 1. The van der Waals surface area contributed by atoms with E-state index in [1.165, 1.54) is 31.4 Å². The van der Waals surface area contributed by atoms with Crippen molar-refractivity contribution in [2.45, 2.75) is 23.1 Å². The first-order chi connectivity index (χ1) is 22.2. The summed E-state index contributed by atoms with van der Waals surface area (Å²) in [5.74, 6) is -2.64. The van der Waals surface area contributed by atoms with Crippen molar-refractivity contribution < 1.29 is 33.4 Å². The first-order valence-electron chi connectivity index (χ1n) is 14.1. The molecule has 3 aromatic carbocycles. The van der Waals surface area contributed by atoms with E-state index < -0.39 is 40.8 Å². The smallest absolute Gasteiger partial charge is 0.338 e. The van der Waals surface area contributed by atoms with Gasteiger partial charge in [-0.05, 0) is 73.2 Å². The number of carbonyl (C=O) groups excluding carboxylic acids is 4. The second kappa shape index (κ2) is 13.0. The van der Waals surface area contributed by atoms with E-state index in [1.807, 2.05) is 0 Å². The fourth-order valence-electron chi connectivity index (χ4n) is 5.46. The summed E-state index contributed by atoms with van der Waals surface area (Å²) in [6.07, 6.45) is 0. The zero-order valence-corrected chi connectivity index (χ0v) is 26.8. The Balaban J connectivity index is 1.27. The Labute approximate surface area is 275 Å². The maximum atomic E-state index is 14.0. The number of ether oxygens (including phenoxy) is 3. The predicted molar refractivity (Wildman–Crippen MR) is 173 cm³/mol. The molecule has 1 aromatic heterocycles. The number of methoxy groups -OCH3 is 1. The number of fused-ring (bicyclic) bond motifs is 2. The summed E-state index contributed by atoms with van der Waals surface area (Å²) in [4.78, 5) is 69.2. The van der Waals surface area contributed by atoms with Crippen molar-refractivity contribution in [3.63, 3.8) is 0 Å². The van der Waals surface area contributed by atoms with Gasteiger partial charge in [0, 0.05) is 21.5 Å². The van der Waals surface area contributed by atoms with Crippen LogP contribution >= 0.6 is 34.7 Å². The number of esters is 1. The van der Waals surface area contributed by atoms with Crippen molar-refractivity contribution in [2.75, 3.05) is 30.5 Å². The Morgan fingerprint density at radius 2 is 1.72 bits per heavy atom. The second-order valence-electron chi connectivity index (χ2n) is 10.3. The van der Waals surface area contributed by atoms with Crippen LogP contribution in [-0.4, -0.2) is 54.2 Å². The van der Waals surface area contributed by atoms with Crippen molar-refractivity contribution >= 4 is 69.8 Å². The molecule has 0 spiro atoms. The number of nitrogens with one attached hydrogen (secondary N) is 2. The maximum Gasteiger partial charge on any atom is 0.338 e. The summed E-state index contributed by atoms with van der Waals surface area (Å²) in [5, 5.41) is 2.99. The van der Waals surface area contributed by atoms with Crippen molar-refractivity contribution in [3.8, 4) is 11.5 Å². The number of thiazole rings is 1. The molecular formula is C32H26ClN3O8S2. The zero-order valence-electron chi connectivity index (χ0n) is 24.4. The molecule has 14 heteroatoms. The number of hydrogen-bond donors (Lipinski definition) is 2. The first-order valence-corrected chi connectivity index (χ1v) is 16.2. The van der Waals surface area contributed by atoms with E-state index in [-0.39, 0.29) is 18.1 Å². The van der Waals surface area contributed by atoms with Gasteiger partial charge in [-0.15, -0.1) is 0 Å². The van der Waals surface area contributed by atoms with Crippen LogP contribution in [0.15, 0.2) is 76.6 Å². The number of thioether (sulfide) groups is 1. The average molecular weight is 680 g/mol. The van der Waals surface area contributed by atoms with Crippen LogP contribution in [0.3, 0.4) is 0 Å². The molecule has 3 atom stereocenters. The number of halogens is 1. The lowest BCUT2D eigenvalue weighted by Gasteiger charge is -2.30. The quantitative estimate of drug-likeness (QED) is 0.183. The highest BCUT2D eigenvalue weighted by molar-refractivity contribution is 8.00. The predicted octanol–water partition coefficient (Wildman–Crippen LogP) is 5.09. The Kier molecular flexibility index (Phi) is 8.89. The van der Waals surface area contributed by atoms with Crippen LogP contribution in [0, 0.1) is 5.92 Å². The van der Waals surface area contributed by atoms with Crippen LogP contribution in [0.25, 0.3) is 0 Å². The number of aromatic nitrogens is 1. The van der Waals surface area contributed by atoms with Crippen LogP contribution in [0.1, 0.15) is 33.6 Å². The number of hydrogen-bond acceptors (Lipinski definition) is 10. The third-order valence-electron chi connectivity index (χ3n) is 7.49. The lowest BCUT2D eigenvalue weighted by Crippen LogP contribution is -2.32. The minimum Gasteiger partial charge on any atom is -0.493 e. The number of carbonyl (C=O) groups is 4. The molecule has 3 heterocycles. The molecule has 4 aromatic rings. The molecule has 46 heavy (non-hydrogen) atoms. The second-order valence-corrected chi connectivity index (χ2v) is 12.9. The lowest BCUT2D eigenvalue weighted by molar-refractivity contribution is -0.122. The van der Waals surface area contributed by atoms with Gasteiger partial charge >= 0.3 is 10.8 Å². The third-order valence-corrected chi connectivity index (χ3v) is 10.1. The SMILES string of the molecule is CCOC(=O)c1ccc(N2C(=O)[C@H]3[C@H](c4ccc(OCC(=O)Nc5ccc(Cl)cc5)c(OC)c4)c4sc(=O)[nH]c4S[C@H]3C2=O)cc1. The van der Waals surface area contributed by atoms with E-state index >= 15 is 0 Å². The fourth-order valence-corrected chi connectivity index (χ4v) is 8.10. The van der Waals surface area contributed by atoms with E-state index in [9.17, 15) is 24.0 Å². The summed E-state index contributed by atoms with van der Waals surface area (Å²) in [5.41, 5.74) is 1.81. The van der Waals surface area contributed by atoms with Gasteiger partial charge in [0.1, 0.15) is 5.25 Å². The largest absolute Gasteiger partial charge is 0.493 e. The Bertz CT molecular complexity index is 1890. The third kappa shape index (κ3) is 6.00. The van der Waals surface area contributed by atoms with Crippen LogP contribution in [0.4, 0.5) is 11.4 Å². The minimum absolute atomic E-state index is 0.218. The van der Waals surface area contributed by atoms with Gasteiger partial charge in [0.2, 0.25) is 11.8 Å². The summed E-state index contributed by atoms with van der Waals surface area (Å²) >= 11 is 8.05. The topological polar surface area (TPSA) is 144 Å². The molecule has 0 unspecified atom stereocenters. The minimum atomic E-state index is -0.831. The summed E-state index contributed by atoms with van der Waals surface area (Å²) in [7, 11) is 1.45. The highest BCUT2D eigenvalue weighted by atomic mass is 35.5. The van der Waals surface area contributed by atoms with Crippen molar-refractivity contribution in [1.82, 2.24) is 4.98 Å². The van der Waals surface area contributed by atoms with Crippen LogP contribution in [-0.2, 0) is 19.1 Å². The van der Waals surface area contributed by atoms with Gasteiger partial charge in [0.15, 0.2) is 18.1 Å². The molecule has 2 aliphatic heterocycles. The van der Waals surface area contributed by atoms with Gasteiger partial charge in [-0.25, -0.2) is 9.69 Å². The Morgan fingerprint density at radius 3 is 2.41 bits per heavy atom. The molecule has 0 aliphatic carbocycles. The molecule has 1 saturated heterocycles. The summed E-state index contributed by atoms with van der Waals surface area (Å²) in [6, 6.07) is 17.8. The van der Waals surface area contributed by atoms with E-state index in [4.69, 9.17) is 25.8 Å². The van der Waals surface area contributed by atoms with E-state index in [0.29, 0.717) is 48.9 Å². The highest BCUT2D eigenvalue weighted by Gasteiger charge is 2.56. The molecule has 3 amide bonds. The fraction of sp³-hybridized carbons (Fsp3) is 0.219. The van der Waals surface area contributed by atoms with E-state index in [0.717, 1.165) is 28.0 Å². The van der Waals surface area contributed by atoms with Crippen LogP contribution < -0.4 is 24.6 Å². The normalized spacial score (nSPS) is 18.5. The maximum absolute atomic E-state index is 14.0. The molecule has 236 valence electrons. The van der Waals surface area contributed by atoms with Gasteiger partial charge in [-0.2, -0.15) is 0 Å². The molecule has 6 rings (SSSR count). The first kappa shape index (κ1) is 31.4. The number of nitrogens with zero attached hydrogens (tertiary/aromatic N) is 1. The lowest BCUT2D eigenvalue weighted by atomic mass is 9.83. The molecule has 0 saturated carbocycles. The molecule has 2 N–H and O–H groups in total. The van der Waals surface area contributed by atoms with Gasteiger partial charge in [0.25, 0.3) is 5.91 Å². The summed E-state index contributed by atoms with van der Waals surface area (Å²) < 4.78 is 16.4. The van der Waals surface area contributed by atoms with Crippen molar-refractivity contribution in [1.29, 1.82) is 0 Å². The number of amides is 3. The Morgan fingerprint density at radius 1 is 0.978 bits per heavy atom. The zero-order chi connectivity index (χ0) is 32.5. The molecule has 1 fully saturated rings. The number of H-pyrrole nitrogens is 1. The highest BCUT2D eigenvalue weighted by Crippen LogP contribution is 2.53. The number of rotatable bonds is 9. The van der Waals surface area contributed by atoms with Crippen LogP contribution in [0.2, 0.25) is 5.02 Å². The molecule has 11 nitrogen and oxygen atoms in total. The number of aromatic amines is 1. The van der Waals surface area contributed by atoms with Gasteiger partial charge in [-0.1, -0.05) is 40.8 Å². The molecule has 2 aliphatic rings. The van der Waals surface area contributed by atoms with Crippen molar-refractivity contribution in [3.05, 3.63) is 97.4 Å². The van der Waals surface area contributed by atoms with Crippen LogP contribution in [0.5, 0.6) is 11.5 Å². The van der Waals surface area contributed by atoms with E-state index in [2.05, 4.69) is 10.3 Å². The average Bonchev–Trinajstić information content (AvgIpc) is 3.55. The number of benzene rings is 3. The Hall–Kier alpha value is -4.59. The van der Waals surface area contributed by atoms with E-state index in [1.54, 1.807) is 49.4 Å². The molecule has 0 radical (unpaired) electrons. The molecular weight excluding hydrogens is 654 g/mol. The summed E-state index contributed by atoms with van der Waals surface area (Å²) in [6.45, 7) is 1.62. The van der Waals surface area contributed by atoms with Gasteiger partial charge in [-0.3, -0.25) is 19.2 Å². The number of anilines is 2. The van der Waals surface area contributed by atoms with Gasteiger partial charge < -0.3 is 24.5 Å².